The fraction of sp³-hybridized carbons (Fsp3) is 0.938. The van der Waals surface area contributed by atoms with Gasteiger partial charge in [0.2, 0.25) is 5.91 Å². The first-order valence-corrected chi connectivity index (χ1v) is 8.21. The van der Waals surface area contributed by atoms with Crippen molar-refractivity contribution in [3.8, 4) is 0 Å². The van der Waals surface area contributed by atoms with Gasteiger partial charge in [-0.2, -0.15) is 0 Å². The van der Waals surface area contributed by atoms with Crippen LogP contribution in [0.1, 0.15) is 59.3 Å². The van der Waals surface area contributed by atoms with Crippen molar-refractivity contribution in [1.82, 2.24) is 9.80 Å². The highest BCUT2D eigenvalue weighted by Crippen LogP contribution is 2.27. The van der Waals surface area contributed by atoms with Gasteiger partial charge >= 0.3 is 0 Å². The average Bonchev–Trinajstić information content (AvgIpc) is 2.37. The molecule has 0 unspecified atom stereocenters. The zero-order chi connectivity index (χ0) is 14.8. The minimum Gasteiger partial charge on any atom is -0.387 e. The number of β-amino-alcohol motifs (C(OH)–C–C–N with tert-alkyl or cyclic N) is 1. The second-order valence-corrected chi connectivity index (χ2v) is 6.91. The van der Waals surface area contributed by atoms with Crippen LogP contribution >= 0.6 is 0 Å². The van der Waals surface area contributed by atoms with Gasteiger partial charge in [0.25, 0.3) is 0 Å². The molecule has 0 atom stereocenters. The second-order valence-electron chi connectivity index (χ2n) is 6.91. The van der Waals surface area contributed by atoms with Gasteiger partial charge in [0.05, 0.1) is 12.1 Å². The third kappa shape index (κ3) is 3.53. The number of aliphatic hydroxyl groups is 1. The quantitative estimate of drug-likeness (QED) is 0.839. The van der Waals surface area contributed by atoms with E-state index in [1.165, 1.54) is 19.3 Å². The number of hydrogen-bond donors (Lipinski definition) is 1. The van der Waals surface area contributed by atoms with Crippen molar-refractivity contribution < 1.29 is 9.90 Å². The monoisotopic (exact) mass is 282 g/mol. The molecule has 4 heteroatoms. The predicted molar refractivity (Wildman–Crippen MR) is 80.5 cm³/mol. The van der Waals surface area contributed by atoms with E-state index in [2.05, 4.69) is 23.6 Å². The number of hydrogen-bond acceptors (Lipinski definition) is 3. The lowest BCUT2D eigenvalue weighted by atomic mass is 9.91. The number of carbonyl (C=O) groups excluding carboxylic acids is 1. The lowest BCUT2D eigenvalue weighted by Crippen LogP contribution is -2.63. The Morgan fingerprint density at radius 1 is 1.30 bits per heavy atom. The summed E-state index contributed by atoms with van der Waals surface area (Å²) in [5, 5.41) is 10.0. The summed E-state index contributed by atoms with van der Waals surface area (Å²) >= 11 is 0. The van der Waals surface area contributed by atoms with Crippen LogP contribution in [-0.2, 0) is 4.79 Å². The molecular weight excluding hydrogens is 252 g/mol. The van der Waals surface area contributed by atoms with Crippen molar-refractivity contribution >= 4 is 5.91 Å². The van der Waals surface area contributed by atoms with Gasteiger partial charge in [-0.25, -0.2) is 0 Å². The standard InChI is InChI=1S/C16H30N2O2/c1-4-16(20)11-17(12-16)10-15(19)18(13(2)3)14-8-6-5-7-9-14/h13-14,20H,4-12H2,1-3H3. The molecule has 1 aliphatic heterocycles. The Hall–Kier alpha value is -0.610. The summed E-state index contributed by atoms with van der Waals surface area (Å²) in [7, 11) is 0. The zero-order valence-electron chi connectivity index (χ0n) is 13.3. The Morgan fingerprint density at radius 3 is 2.40 bits per heavy atom. The maximum atomic E-state index is 12.6. The second kappa shape index (κ2) is 6.44. The van der Waals surface area contributed by atoms with Crippen LogP contribution in [-0.4, -0.2) is 58.1 Å². The van der Waals surface area contributed by atoms with Crippen LogP contribution in [0.4, 0.5) is 0 Å². The van der Waals surface area contributed by atoms with E-state index in [-0.39, 0.29) is 11.9 Å². The lowest BCUT2D eigenvalue weighted by Gasteiger charge is -2.47. The fourth-order valence-electron chi connectivity index (χ4n) is 3.67. The number of amides is 1. The number of nitrogens with zero attached hydrogens (tertiary/aromatic N) is 2. The van der Waals surface area contributed by atoms with Crippen LogP contribution < -0.4 is 0 Å². The molecule has 1 N–H and O–H groups in total. The van der Waals surface area contributed by atoms with E-state index < -0.39 is 5.60 Å². The summed E-state index contributed by atoms with van der Waals surface area (Å²) in [6.07, 6.45) is 6.90. The Labute approximate surface area is 123 Å². The van der Waals surface area contributed by atoms with Crippen molar-refractivity contribution in [3.05, 3.63) is 0 Å². The van der Waals surface area contributed by atoms with Crippen molar-refractivity contribution in [1.29, 1.82) is 0 Å². The normalized spacial score (nSPS) is 23.6. The molecular formula is C16H30N2O2. The summed E-state index contributed by atoms with van der Waals surface area (Å²) < 4.78 is 0. The highest BCUT2D eigenvalue weighted by Gasteiger charge is 2.41. The van der Waals surface area contributed by atoms with Gasteiger partial charge in [0, 0.05) is 25.2 Å². The zero-order valence-corrected chi connectivity index (χ0v) is 13.3. The van der Waals surface area contributed by atoms with Crippen LogP contribution in [0, 0.1) is 0 Å². The Kier molecular flexibility index (Phi) is 5.08. The van der Waals surface area contributed by atoms with Crippen LogP contribution in [0.15, 0.2) is 0 Å². The topological polar surface area (TPSA) is 43.8 Å². The molecule has 0 aromatic heterocycles. The van der Waals surface area contributed by atoms with Gasteiger partial charge in [-0.3, -0.25) is 9.69 Å². The van der Waals surface area contributed by atoms with E-state index in [0.29, 0.717) is 25.7 Å². The fourth-order valence-corrected chi connectivity index (χ4v) is 3.67. The van der Waals surface area contributed by atoms with Crippen LogP contribution in [0.3, 0.4) is 0 Å². The molecule has 2 rings (SSSR count). The molecule has 0 radical (unpaired) electrons. The van der Waals surface area contributed by atoms with E-state index in [0.717, 1.165) is 19.3 Å². The molecule has 4 nitrogen and oxygen atoms in total. The molecule has 1 heterocycles. The highest BCUT2D eigenvalue weighted by atomic mass is 16.3. The molecule has 0 spiro atoms. The summed E-state index contributed by atoms with van der Waals surface area (Å²) in [6.45, 7) is 7.99. The Morgan fingerprint density at radius 2 is 1.90 bits per heavy atom. The predicted octanol–water partition coefficient (Wildman–Crippen LogP) is 2.01. The average molecular weight is 282 g/mol. The largest absolute Gasteiger partial charge is 0.387 e. The number of carbonyl (C=O) groups is 1. The first-order chi connectivity index (χ1) is 9.45. The minimum absolute atomic E-state index is 0.241. The lowest BCUT2D eigenvalue weighted by molar-refractivity contribution is -0.146. The summed E-state index contributed by atoms with van der Waals surface area (Å²) in [4.78, 5) is 16.8. The molecule has 1 amide bonds. The van der Waals surface area contributed by atoms with Crippen LogP contribution in [0.5, 0.6) is 0 Å². The van der Waals surface area contributed by atoms with Crippen LogP contribution in [0.25, 0.3) is 0 Å². The first-order valence-electron chi connectivity index (χ1n) is 8.21. The summed E-state index contributed by atoms with van der Waals surface area (Å²) in [5.74, 6) is 0.241. The minimum atomic E-state index is -0.548. The van der Waals surface area contributed by atoms with Gasteiger partial charge < -0.3 is 10.0 Å². The molecule has 116 valence electrons. The molecule has 0 aromatic carbocycles. The van der Waals surface area contributed by atoms with E-state index in [1.54, 1.807) is 0 Å². The first kappa shape index (κ1) is 15.8. The third-order valence-corrected chi connectivity index (χ3v) is 4.87. The molecule has 2 fully saturated rings. The van der Waals surface area contributed by atoms with Crippen molar-refractivity contribution in [2.45, 2.75) is 77.0 Å². The molecule has 1 aliphatic carbocycles. The van der Waals surface area contributed by atoms with Crippen molar-refractivity contribution in [2.24, 2.45) is 0 Å². The van der Waals surface area contributed by atoms with Crippen molar-refractivity contribution in [2.75, 3.05) is 19.6 Å². The third-order valence-electron chi connectivity index (χ3n) is 4.87. The molecule has 0 bridgehead atoms. The summed E-state index contributed by atoms with van der Waals surface area (Å²) in [6, 6.07) is 0.708. The van der Waals surface area contributed by atoms with Gasteiger partial charge in [-0.15, -0.1) is 0 Å². The number of likely N-dealkylation sites (tertiary alicyclic amines) is 1. The molecule has 20 heavy (non-hydrogen) atoms. The van der Waals surface area contributed by atoms with Gasteiger partial charge in [0.15, 0.2) is 0 Å². The summed E-state index contributed by atoms with van der Waals surface area (Å²) in [5.41, 5.74) is -0.548. The maximum Gasteiger partial charge on any atom is 0.237 e. The molecule has 1 saturated carbocycles. The number of rotatable bonds is 5. The van der Waals surface area contributed by atoms with E-state index in [1.807, 2.05) is 6.92 Å². The molecule has 0 aromatic rings. The van der Waals surface area contributed by atoms with Gasteiger partial charge in [-0.1, -0.05) is 26.2 Å². The highest BCUT2D eigenvalue weighted by molar-refractivity contribution is 5.79. The van der Waals surface area contributed by atoms with Crippen LogP contribution in [0.2, 0.25) is 0 Å². The van der Waals surface area contributed by atoms with E-state index >= 15 is 0 Å². The Bertz CT molecular complexity index is 331. The van der Waals surface area contributed by atoms with Crippen molar-refractivity contribution in [3.63, 3.8) is 0 Å². The van der Waals surface area contributed by atoms with E-state index in [9.17, 15) is 9.90 Å². The van der Waals surface area contributed by atoms with Gasteiger partial charge in [0.1, 0.15) is 0 Å². The maximum absolute atomic E-state index is 12.6. The molecule has 1 saturated heterocycles. The smallest absolute Gasteiger partial charge is 0.237 e. The van der Waals surface area contributed by atoms with Gasteiger partial charge in [-0.05, 0) is 33.1 Å². The van der Waals surface area contributed by atoms with E-state index in [4.69, 9.17) is 0 Å². The molecule has 2 aliphatic rings. The Balaban J connectivity index is 1.88. The SMILES string of the molecule is CCC1(O)CN(CC(=O)N(C(C)C)C2CCCCC2)C1.